The van der Waals surface area contributed by atoms with Gasteiger partial charge in [-0.05, 0) is 47.6 Å². The molecule has 66 heavy (non-hydrogen) atoms. The van der Waals surface area contributed by atoms with Crippen molar-refractivity contribution in [3.8, 4) is 22.6 Å². The van der Waals surface area contributed by atoms with Crippen molar-refractivity contribution in [1.82, 2.24) is 19.1 Å². The van der Waals surface area contributed by atoms with Gasteiger partial charge in [0.05, 0.1) is 27.4 Å². The Morgan fingerprint density at radius 2 is 1.03 bits per heavy atom. The zero-order chi connectivity index (χ0) is 46.9. The molecule has 0 saturated heterocycles. The first-order valence-corrected chi connectivity index (χ1v) is 20.8. The van der Waals surface area contributed by atoms with E-state index in [1.54, 1.807) is 64.2 Å². The fourth-order valence-electron chi connectivity index (χ4n) is 6.33. The van der Waals surface area contributed by atoms with E-state index in [2.05, 4.69) is 44.1 Å². The number of benzene rings is 4. The maximum atomic E-state index is 12.8. The fourth-order valence-corrected chi connectivity index (χ4v) is 6.74. The molecule has 0 bridgehead atoms. The van der Waals surface area contributed by atoms with Gasteiger partial charge in [-0.3, -0.25) is 18.7 Å². The maximum Gasteiger partial charge on any atom is 0.488 e. The van der Waals surface area contributed by atoms with Crippen LogP contribution in [0.3, 0.4) is 0 Å². The fraction of sp³-hybridized carbons (Fsp3) is 0.292. The summed E-state index contributed by atoms with van der Waals surface area (Å²) in [5.74, 6) is -0.952. The van der Waals surface area contributed by atoms with Gasteiger partial charge in [0.15, 0.2) is 11.4 Å². The second kappa shape index (κ2) is 26.9. The summed E-state index contributed by atoms with van der Waals surface area (Å²) in [6.45, 7) is 4.72. The van der Waals surface area contributed by atoms with E-state index in [0.717, 1.165) is 26.7 Å². The number of hydrogen-bond acceptors (Lipinski definition) is 14. The molecule has 352 valence electrons. The van der Waals surface area contributed by atoms with Crippen LogP contribution in [0, 0.1) is 0 Å². The minimum atomic E-state index is -1.34. The molecule has 0 saturated carbocycles. The Balaban J connectivity index is 0.000000375. The smallest absolute Gasteiger partial charge is 0.488 e. The Kier molecular flexibility index (Phi) is 22.6. The number of ether oxygens (including phenoxy) is 4. The van der Waals surface area contributed by atoms with Crippen LogP contribution in [-0.2, 0) is 36.7 Å². The van der Waals surface area contributed by atoms with Gasteiger partial charge in [0.1, 0.15) is 0 Å². The summed E-state index contributed by atoms with van der Waals surface area (Å²) in [6.07, 6.45) is 0. The van der Waals surface area contributed by atoms with Crippen molar-refractivity contribution in [2.75, 3.05) is 51.3 Å². The Morgan fingerprint density at radius 1 is 0.636 bits per heavy atom. The Morgan fingerprint density at radius 3 is 1.44 bits per heavy atom. The third-order valence-corrected chi connectivity index (χ3v) is 10.2. The molecule has 0 fully saturated rings. The number of hydrogen-bond donors (Lipinski definition) is 2. The summed E-state index contributed by atoms with van der Waals surface area (Å²) < 4.78 is 23.9. The molecule has 0 aliphatic carbocycles. The quantitative estimate of drug-likeness (QED) is 0.0918. The van der Waals surface area contributed by atoms with Crippen LogP contribution in [-0.4, -0.2) is 89.7 Å². The average molecular weight is 972 g/mol. The largest absolute Gasteiger partial charge is 0.489 e. The van der Waals surface area contributed by atoms with E-state index in [9.17, 15) is 19.2 Å². The highest BCUT2D eigenvalue weighted by Gasteiger charge is 2.26. The minimum absolute atomic E-state index is 0. The van der Waals surface area contributed by atoms with E-state index in [0.29, 0.717) is 30.4 Å². The summed E-state index contributed by atoms with van der Waals surface area (Å²) in [5, 5.41) is 17.2. The number of anilines is 2. The molecule has 18 heteroatoms. The predicted octanol–water partition coefficient (Wildman–Crippen LogP) is 6.27. The van der Waals surface area contributed by atoms with E-state index in [-0.39, 0.29) is 51.0 Å². The molecule has 0 aliphatic heterocycles. The highest BCUT2D eigenvalue weighted by molar-refractivity contribution is 9.10. The van der Waals surface area contributed by atoms with E-state index in [1.807, 2.05) is 78.7 Å². The summed E-state index contributed by atoms with van der Waals surface area (Å²) in [6, 6.07) is 34.6. The van der Waals surface area contributed by atoms with Gasteiger partial charge in [-0.1, -0.05) is 134 Å². The molecular weight excluding hydrogens is 911 g/mol. The molecule has 0 aliphatic rings. The zero-order valence-electron chi connectivity index (χ0n) is 37.0. The molecule has 4 aromatic carbocycles. The number of carbonyl (C=O) groups is 2. The number of nitrogens with zero attached hydrogens (tertiary/aromatic N) is 6. The van der Waals surface area contributed by atoms with Gasteiger partial charge in [0.2, 0.25) is 23.4 Å². The van der Waals surface area contributed by atoms with Gasteiger partial charge in [-0.2, -0.15) is 0 Å². The van der Waals surface area contributed by atoms with E-state index < -0.39 is 30.2 Å². The number of halogens is 1. The number of methoxy groups -OCH3 is 2. The minimum Gasteiger partial charge on any atom is -0.489 e. The molecular formula is C48H60BBrN6O10. The van der Waals surface area contributed by atoms with E-state index >= 15 is 0 Å². The van der Waals surface area contributed by atoms with Crippen molar-refractivity contribution in [3.05, 3.63) is 157 Å². The normalized spacial score (nSPS) is 9.98. The van der Waals surface area contributed by atoms with Crippen LogP contribution in [0.1, 0.15) is 60.8 Å². The number of esters is 2. The maximum absolute atomic E-state index is 12.8. The topological polar surface area (TPSA) is 188 Å². The zero-order valence-corrected chi connectivity index (χ0v) is 38.6. The third kappa shape index (κ3) is 14.1. The van der Waals surface area contributed by atoms with Gasteiger partial charge < -0.3 is 38.8 Å². The molecule has 6 aromatic rings. The van der Waals surface area contributed by atoms with Crippen LogP contribution in [0.2, 0.25) is 0 Å². The van der Waals surface area contributed by atoms with E-state index in [4.69, 9.17) is 29.0 Å². The van der Waals surface area contributed by atoms with Gasteiger partial charge >= 0.3 is 19.1 Å². The van der Waals surface area contributed by atoms with Crippen LogP contribution in [0.25, 0.3) is 11.1 Å². The molecule has 2 heterocycles. The van der Waals surface area contributed by atoms with Crippen LogP contribution >= 0.6 is 15.9 Å². The van der Waals surface area contributed by atoms with Crippen LogP contribution in [0.5, 0.6) is 11.5 Å². The second-order valence-electron chi connectivity index (χ2n) is 13.9. The van der Waals surface area contributed by atoms with Crippen LogP contribution in [0.15, 0.2) is 123 Å². The molecule has 0 unspecified atom stereocenters. The van der Waals surface area contributed by atoms with Crippen LogP contribution in [0.4, 0.5) is 11.9 Å². The number of aromatic nitrogens is 4. The molecule has 0 atom stereocenters. The number of carbonyl (C=O) groups excluding carboxylic acids is 2. The SMILES string of the molecule is C.C.CCOC(=O)c1nc(N(C)Cc2ccccc2-c2ccccc2)n(C)c(=O)c1OC.CCOC(=O)c1nc(N(C)Cc2ccccc2Br)n(C)c(=O)c1OC.OB(O)c1ccccc1. The first kappa shape index (κ1) is 55.4. The van der Waals surface area contributed by atoms with Crippen molar-refractivity contribution in [2.24, 2.45) is 14.1 Å². The highest BCUT2D eigenvalue weighted by Crippen LogP contribution is 2.26. The Bertz CT molecular complexity index is 2610. The van der Waals surface area contributed by atoms with Crippen molar-refractivity contribution < 1.29 is 38.6 Å². The van der Waals surface area contributed by atoms with Gasteiger partial charge in [-0.25, -0.2) is 19.6 Å². The molecule has 2 aromatic heterocycles. The lowest BCUT2D eigenvalue weighted by molar-refractivity contribution is 0.0505. The average Bonchev–Trinajstić information content (AvgIpc) is 3.30. The summed E-state index contributed by atoms with van der Waals surface area (Å²) in [5.41, 5.74) is 3.66. The summed E-state index contributed by atoms with van der Waals surface area (Å²) >= 11 is 3.50. The standard InChI is InChI=1S/C23H25N3O4.C17H20BrN3O4.C6H7BO2.2CH4/c1-5-30-22(28)19-20(29-4)21(27)26(3)23(24-19)25(2)15-17-13-9-10-14-18(17)16-11-7-6-8-12-16;1-5-25-16(23)13-14(24-4)15(22)21(3)17(19-13)20(2)10-11-8-6-7-9-12(11)18;8-7(9)6-4-2-1-3-5-6;;/h6-14H,5,15H2,1-4H3;6-9H,5,10H2,1-4H3;1-5,8-9H;2*1H4. The first-order valence-electron chi connectivity index (χ1n) is 20.0. The van der Waals surface area contributed by atoms with Crippen molar-refractivity contribution >= 4 is 52.3 Å². The third-order valence-electron chi connectivity index (χ3n) is 9.45. The van der Waals surface area contributed by atoms with E-state index in [1.165, 1.54) is 23.4 Å². The molecule has 16 nitrogen and oxygen atoms in total. The first-order chi connectivity index (χ1) is 30.7. The second-order valence-corrected chi connectivity index (χ2v) is 14.7. The predicted molar refractivity (Wildman–Crippen MR) is 264 cm³/mol. The van der Waals surface area contributed by atoms with Crippen molar-refractivity contribution in [2.45, 2.75) is 41.8 Å². The molecule has 0 amide bonds. The lowest BCUT2D eigenvalue weighted by Gasteiger charge is -2.23. The monoisotopic (exact) mass is 970 g/mol. The van der Waals surface area contributed by atoms with Gasteiger partial charge in [-0.15, -0.1) is 0 Å². The summed E-state index contributed by atoms with van der Waals surface area (Å²) in [7, 11) is 8.12. The van der Waals surface area contributed by atoms with Gasteiger partial charge in [0.25, 0.3) is 11.1 Å². The van der Waals surface area contributed by atoms with Crippen molar-refractivity contribution in [3.63, 3.8) is 0 Å². The molecule has 2 N–H and O–H groups in total. The summed E-state index contributed by atoms with van der Waals surface area (Å²) in [4.78, 5) is 62.1. The highest BCUT2D eigenvalue weighted by atomic mass is 79.9. The Labute approximate surface area is 395 Å². The molecule has 6 rings (SSSR count). The lowest BCUT2D eigenvalue weighted by atomic mass is 9.81. The number of rotatable bonds is 14. The molecule has 0 radical (unpaired) electrons. The lowest BCUT2D eigenvalue weighted by Crippen LogP contribution is -2.31. The van der Waals surface area contributed by atoms with Gasteiger partial charge in [0, 0.05) is 45.8 Å². The molecule has 0 spiro atoms. The Hall–Kier alpha value is -6.76. The van der Waals surface area contributed by atoms with Crippen LogP contribution < -0.4 is 35.9 Å². The van der Waals surface area contributed by atoms with Crippen molar-refractivity contribution in [1.29, 1.82) is 0 Å².